The van der Waals surface area contributed by atoms with Gasteiger partial charge >= 0.3 is 0 Å². The van der Waals surface area contributed by atoms with Gasteiger partial charge in [-0.1, -0.05) is 12.1 Å². The monoisotopic (exact) mass is 318 g/mol. The van der Waals surface area contributed by atoms with Crippen molar-refractivity contribution in [3.05, 3.63) is 35.1 Å². The smallest absolute Gasteiger partial charge is 0.234 e. The van der Waals surface area contributed by atoms with Crippen LogP contribution >= 0.6 is 0 Å². The van der Waals surface area contributed by atoms with E-state index in [4.69, 9.17) is 0 Å². The van der Waals surface area contributed by atoms with Gasteiger partial charge in [-0.25, -0.2) is 4.39 Å². The molecule has 1 aromatic carbocycles. The van der Waals surface area contributed by atoms with Crippen LogP contribution in [0.15, 0.2) is 18.2 Å². The van der Waals surface area contributed by atoms with E-state index in [1.807, 2.05) is 0 Å². The number of imide groups is 1. The molecule has 2 saturated heterocycles. The van der Waals surface area contributed by atoms with Crippen LogP contribution in [-0.2, 0) is 14.4 Å². The Kier molecular flexibility index (Phi) is 4.52. The summed E-state index contributed by atoms with van der Waals surface area (Å²) in [5.41, 5.74) is 1.10. The fourth-order valence-electron chi connectivity index (χ4n) is 3.36. The Bertz CT molecular complexity index is 647. The highest BCUT2D eigenvalue weighted by molar-refractivity contribution is 6.00. The van der Waals surface area contributed by atoms with E-state index in [1.165, 1.54) is 6.07 Å². The molecule has 2 amide bonds. The summed E-state index contributed by atoms with van der Waals surface area (Å²) in [6.45, 7) is 0.683. The molecule has 2 fully saturated rings. The van der Waals surface area contributed by atoms with Crippen molar-refractivity contribution in [3.63, 3.8) is 0 Å². The number of rotatable bonds is 3. The van der Waals surface area contributed by atoms with E-state index in [1.54, 1.807) is 12.1 Å². The molecule has 2 aliphatic rings. The summed E-state index contributed by atoms with van der Waals surface area (Å²) in [4.78, 5) is 34.0. The second kappa shape index (κ2) is 6.58. The Morgan fingerprint density at radius 2 is 2.04 bits per heavy atom. The van der Waals surface area contributed by atoms with Crippen molar-refractivity contribution in [2.24, 2.45) is 5.92 Å². The minimum absolute atomic E-state index is 0.0459. The largest absolute Gasteiger partial charge is 0.310 e. The van der Waals surface area contributed by atoms with Crippen molar-refractivity contribution in [3.8, 4) is 0 Å². The van der Waals surface area contributed by atoms with E-state index in [9.17, 15) is 18.8 Å². The number of amides is 2. The van der Waals surface area contributed by atoms with E-state index in [0.29, 0.717) is 30.5 Å². The summed E-state index contributed by atoms with van der Waals surface area (Å²) < 4.78 is 14.5. The second-order valence-corrected chi connectivity index (χ2v) is 6.21. The summed E-state index contributed by atoms with van der Waals surface area (Å²) in [7, 11) is 0. The summed E-state index contributed by atoms with van der Waals surface area (Å²) in [6.07, 6.45) is 2.96. The van der Waals surface area contributed by atoms with Crippen molar-refractivity contribution in [2.45, 2.75) is 37.6 Å². The number of nitrogens with one attached hydrogen (secondary N) is 2. The summed E-state index contributed by atoms with van der Waals surface area (Å²) >= 11 is 0. The van der Waals surface area contributed by atoms with Crippen LogP contribution in [0.1, 0.15) is 48.8 Å². The van der Waals surface area contributed by atoms with Gasteiger partial charge in [0.2, 0.25) is 11.8 Å². The Labute approximate surface area is 133 Å². The van der Waals surface area contributed by atoms with Crippen LogP contribution in [-0.4, -0.2) is 24.6 Å². The molecule has 0 aliphatic carbocycles. The maximum atomic E-state index is 14.5. The van der Waals surface area contributed by atoms with Gasteiger partial charge in [-0.05, 0) is 37.4 Å². The third kappa shape index (κ3) is 3.32. The maximum absolute atomic E-state index is 14.5. The molecule has 122 valence electrons. The van der Waals surface area contributed by atoms with Gasteiger partial charge in [0.1, 0.15) is 12.1 Å². The van der Waals surface area contributed by atoms with Gasteiger partial charge in [-0.15, -0.1) is 0 Å². The predicted molar refractivity (Wildman–Crippen MR) is 81.1 cm³/mol. The number of benzene rings is 1. The lowest BCUT2D eigenvalue weighted by atomic mass is 9.86. The third-order valence-electron chi connectivity index (χ3n) is 4.68. The third-order valence-corrected chi connectivity index (χ3v) is 4.68. The van der Waals surface area contributed by atoms with E-state index < -0.39 is 5.92 Å². The van der Waals surface area contributed by atoms with E-state index in [0.717, 1.165) is 12.7 Å². The second-order valence-electron chi connectivity index (χ2n) is 6.21. The highest BCUT2D eigenvalue weighted by Crippen LogP contribution is 2.31. The summed E-state index contributed by atoms with van der Waals surface area (Å²) in [6, 6.07) is 4.61. The molecule has 0 spiro atoms. The first-order valence-corrected chi connectivity index (χ1v) is 7.90. The van der Waals surface area contributed by atoms with Gasteiger partial charge in [-0.3, -0.25) is 14.9 Å². The Morgan fingerprint density at radius 1 is 1.22 bits per heavy atom. The molecule has 3 rings (SSSR count). The molecule has 5 nitrogen and oxygen atoms in total. The molecule has 0 saturated carbocycles. The molecule has 0 radical (unpaired) electrons. The standard InChI is InChI=1S/C17H19FN2O3/c18-14-8-11(12-3-4-16(22)20-17(12)23)1-2-13(14)15-7-10(9-21)5-6-19-15/h1-2,8-10,12,15,19H,3-7H2,(H,20,22,23). The molecule has 0 bridgehead atoms. The van der Waals surface area contributed by atoms with Crippen molar-refractivity contribution in [1.82, 2.24) is 10.6 Å². The minimum Gasteiger partial charge on any atom is -0.310 e. The highest BCUT2D eigenvalue weighted by Gasteiger charge is 2.29. The Hall–Kier alpha value is -2.08. The molecule has 6 heteroatoms. The molecule has 2 N–H and O–H groups in total. The lowest BCUT2D eigenvalue weighted by molar-refractivity contribution is -0.134. The molecule has 23 heavy (non-hydrogen) atoms. The van der Waals surface area contributed by atoms with E-state index in [2.05, 4.69) is 10.6 Å². The zero-order valence-electron chi connectivity index (χ0n) is 12.7. The molecular weight excluding hydrogens is 299 g/mol. The topological polar surface area (TPSA) is 75.3 Å². The fraction of sp³-hybridized carbons (Fsp3) is 0.471. The van der Waals surface area contributed by atoms with Crippen LogP contribution in [0.2, 0.25) is 0 Å². The average molecular weight is 318 g/mol. The van der Waals surface area contributed by atoms with Crippen molar-refractivity contribution < 1.29 is 18.8 Å². The minimum atomic E-state index is -0.488. The van der Waals surface area contributed by atoms with Crippen LogP contribution < -0.4 is 10.6 Å². The first kappa shape index (κ1) is 15.8. The van der Waals surface area contributed by atoms with Gasteiger partial charge in [0.05, 0.1) is 5.92 Å². The van der Waals surface area contributed by atoms with Crippen LogP contribution in [0.4, 0.5) is 4.39 Å². The lowest BCUT2D eigenvalue weighted by Gasteiger charge is -2.28. The zero-order chi connectivity index (χ0) is 16.4. The first-order chi connectivity index (χ1) is 11.1. The van der Waals surface area contributed by atoms with E-state index >= 15 is 0 Å². The Morgan fingerprint density at radius 3 is 2.74 bits per heavy atom. The molecule has 3 unspecified atom stereocenters. The van der Waals surface area contributed by atoms with Crippen LogP contribution in [0.25, 0.3) is 0 Å². The lowest BCUT2D eigenvalue weighted by Crippen LogP contribution is -2.39. The van der Waals surface area contributed by atoms with E-state index in [-0.39, 0.29) is 36.0 Å². The van der Waals surface area contributed by atoms with Gasteiger partial charge in [-0.2, -0.15) is 0 Å². The number of carbonyl (C=O) groups excluding carboxylic acids is 3. The van der Waals surface area contributed by atoms with Gasteiger partial charge in [0.25, 0.3) is 0 Å². The number of carbonyl (C=O) groups is 3. The van der Waals surface area contributed by atoms with Crippen molar-refractivity contribution in [2.75, 3.05) is 6.54 Å². The molecule has 0 aromatic heterocycles. The normalized spacial score (nSPS) is 28.3. The SMILES string of the molecule is O=CC1CCNC(c2ccc(C3CCC(=O)NC3=O)cc2F)C1. The molecular formula is C17H19FN2O3. The van der Waals surface area contributed by atoms with Crippen LogP contribution in [0, 0.1) is 11.7 Å². The first-order valence-electron chi connectivity index (χ1n) is 7.90. The number of halogens is 1. The van der Waals surface area contributed by atoms with Gasteiger partial charge < -0.3 is 10.1 Å². The van der Waals surface area contributed by atoms with Gasteiger partial charge in [0, 0.05) is 23.9 Å². The highest BCUT2D eigenvalue weighted by atomic mass is 19.1. The summed E-state index contributed by atoms with van der Waals surface area (Å²) in [5, 5.41) is 5.52. The number of piperidine rings is 2. The summed E-state index contributed by atoms with van der Waals surface area (Å²) in [5.74, 6) is -1.56. The molecule has 1 aromatic rings. The number of hydrogen-bond acceptors (Lipinski definition) is 4. The van der Waals surface area contributed by atoms with Crippen LogP contribution in [0.5, 0.6) is 0 Å². The average Bonchev–Trinajstić information content (AvgIpc) is 2.55. The Balaban J connectivity index is 1.79. The molecule has 2 heterocycles. The molecule has 3 atom stereocenters. The molecule has 2 aliphatic heterocycles. The predicted octanol–water partition coefficient (Wildman–Crippen LogP) is 1.59. The van der Waals surface area contributed by atoms with Crippen molar-refractivity contribution >= 4 is 18.1 Å². The zero-order valence-corrected chi connectivity index (χ0v) is 12.7. The fourth-order valence-corrected chi connectivity index (χ4v) is 3.36. The maximum Gasteiger partial charge on any atom is 0.234 e. The number of aldehydes is 1. The van der Waals surface area contributed by atoms with Crippen molar-refractivity contribution in [1.29, 1.82) is 0 Å². The number of hydrogen-bond donors (Lipinski definition) is 2. The quantitative estimate of drug-likeness (QED) is 0.655. The van der Waals surface area contributed by atoms with Crippen LogP contribution in [0.3, 0.4) is 0 Å². The van der Waals surface area contributed by atoms with Gasteiger partial charge in [0.15, 0.2) is 0 Å².